The van der Waals surface area contributed by atoms with Crippen LogP contribution in [0.15, 0.2) is 24.4 Å². The number of nitrogens with one attached hydrogen (secondary N) is 1. The average molecular weight is 208 g/mol. The van der Waals surface area contributed by atoms with E-state index < -0.39 is 11.6 Å². The van der Waals surface area contributed by atoms with Crippen molar-refractivity contribution in [1.82, 2.24) is 9.97 Å². The molecule has 3 nitrogen and oxygen atoms in total. The van der Waals surface area contributed by atoms with Crippen LogP contribution in [0.3, 0.4) is 0 Å². The van der Waals surface area contributed by atoms with Crippen LogP contribution in [-0.4, -0.2) is 16.3 Å². The van der Waals surface area contributed by atoms with Gasteiger partial charge >= 0.3 is 0 Å². The van der Waals surface area contributed by atoms with E-state index in [0.29, 0.717) is 17.5 Å². The molecule has 76 valence electrons. The smallest absolute Gasteiger partial charge is 0.185 e. The van der Waals surface area contributed by atoms with Crippen molar-refractivity contribution in [2.45, 2.75) is 0 Å². The molecule has 0 fully saturated rings. The number of halogens is 2. The van der Waals surface area contributed by atoms with E-state index in [9.17, 15) is 13.6 Å². The van der Waals surface area contributed by atoms with Crippen molar-refractivity contribution in [3.8, 4) is 11.3 Å². The molecular weight excluding hydrogens is 202 g/mol. The van der Waals surface area contributed by atoms with Crippen LogP contribution in [0.1, 0.15) is 10.6 Å². The van der Waals surface area contributed by atoms with E-state index in [1.165, 1.54) is 6.20 Å². The van der Waals surface area contributed by atoms with Crippen molar-refractivity contribution in [3.05, 3.63) is 41.9 Å². The number of aldehydes is 1. The number of aromatic amines is 1. The maximum atomic E-state index is 12.9. The van der Waals surface area contributed by atoms with E-state index in [1.54, 1.807) is 0 Å². The minimum Gasteiger partial charge on any atom is -0.336 e. The number of rotatable bonds is 2. The van der Waals surface area contributed by atoms with Gasteiger partial charge in [-0.1, -0.05) is 0 Å². The predicted octanol–water partition coefficient (Wildman–Crippen LogP) is 2.17. The molecule has 1 aromatic heterocycles. The summed E-state index contributed by atoms with van der Waals surface area (Å²) >= 11 is 0. The van der Waals surface area contributed by atoms with Gasteiger partial charge in [-0.25, -0.2) is 13.8 Å². The van der Waals surface area contributed by atoms with Crippen LogP contribution in [0.4, 0.5) is 8.78 Å². The number of nitrogens with zero attached hydrogens (tertiary/aromatic N) is 1. The maximum absolute atomic E-state index is 12.9. The molecule has 0 radical (unpaired) electrons. The van der Waals surface area contributed by atoms with E-state index in [-0.39, 0.29) is 5.82 Å². The average Bonchev–Trinajstić information content (AvgIpc) is 2.64. The van der Waals surface area contributed by atoms with E-state index in [0.717, 1.165) is 18.2 Å². The summed E-state index contributed by atoms with van der Waals surface area (Å²) in [5.74, 6) is -1.23. The van der Waals surface area contributed by atoms with Crippen LogP contribution in [0.2, 0.25) is 0 Å². The highest BCUT2D eigenvalue weighted by Crippen LogP contribution is 2.19. The molecule has 15 heavy (non-hydrogen) atoms. The zero-order valence-electron chi connectivity index (χ0n) is 7.50. The van der Waals surface area contributed by atoms with Gasteiger partial charge in [-0.2, -0.15) is 0 Å². The molecule has 2 rings (SSSR count). The molecule has 0 amide bonds. The minimum atomic E-state index is -0.674. The Morgan fingerprint density at radius 3 is 2.40 bits per heavy atom. The van der Waals surface area contributed by atoms with Crippen molar-refractivity contribution < 1.29 is 13.6 Å². The molecule has 1 heterocycles. The van der Waals surface area contributed by atoms with Crippen molar-refractivity contribution in [2.75, 3.05) is 0 Å². The quantitative estimate of drug-likeness (QED) is 0.768. The lowest BCUT2D eigenvalue weighted by molar-refractivity contribution is 0.111. The Balaban J connectivity index is 2.48. The van der Waals surface area contributed by atoms with Crippen LogP contribution in [0.5, 0.6) is 0 Å². The second-order valence-corrected chi connectivity index (χ2v) is 2.96. The van der Waals surface area contributed by atoms with Gasteiger partial charge in [0.2, 0.25) is 0 Å². The molecule has 0 aliphatic heterocycles. The zero-order chi connectivity index (χ0) is 10.8. The van der Waals surface area contributed by atoms with Gasteiger partial charge in [-0.15, -0.1) is 0 Å². The van der Waals surface area contributed by atoms with Crippen LogP contribution in [-0.2, 0) is 0 Å². The maximum Gasteiger partial charge on any atom is 0.185 e. The molecular formula is C10H6F2N2O. The van der Waals surface area contributed by atoms with Crippen molar-refractivity contribution >= 4 is 6.29 Å². The molecule has 0 aliphatic carbocycles. The lowest BCUT2D eigenvalue weighted by Crippen LogP contribution is -1.85. The summed E-state index contributed by atoms with van der Waals surface area (Å²) in [4.78, 5) is 16.7. The van der Waals surface area contributed by atoms with Crippen molar-refractivity contribution in [3.63, 3.8) is 0 Å². The van der Waals surface area contributed by atoms with E-state index in [2.05, 4.69) is 9.97 Å². The number of carbonyl (C=O) groups is 1. The molecule has 5 heteroatoms. The Morgan fingerprint density at radius 2 is 1.87 bits per heavy atom. The second-order valence-electron chi connectivity index (χ2n) is 2.96. The summed E-state index contributed by atoms with van der Waals surface area (Å²) in [6.45, 7) is 0. The Kier molecular flexibility index (Phi) is 2.29. The molecule has 2 aromatic rings. The van der Waals surface area contributed by atoms with Gasteiger partial charge in [0.25, 0.3) is 0 Å². The predicted molar refractivity (Wildman–Crippen MR) is 49.3 cm³/mol. The fourth-order valence-electron chi connectivity index (χ4n) is 1.25. The van der Waals surface area contributed by atoms with Gasteiger partial charge in [-0.05, 0) is 12.1 Å². The number of benzene rings is 1. The van der Waals surface area contributed by atoms with Crippen LogP contribution >= 0.6 is 0 Å². The minimum absolute atomic E-state index is 0.120. The summed E-state index contributed by atoms with van der Waals surface area (Å²) in [7, 11) is 0. The van der Waals surface area contributed by atoms with Gasteiger partial charge in [0, 0.05) is 11.6 Å². The summed E-state index contributed by atoms with van der Waals surface area (Å²) in [5, 5.41) is 0. The number of hydrogen-bond acceptors (Lipinski definition) is 2. The van der Waals surface area contributed by atoms with Crippen LogP contribution < -0.4 is 0 Å². The van der Waals surface area contributed by atoms with Crippen LogP contribution in [0, 0.1) is 11.6 Å². The number of imidazole rings is 1. The molecule has 0 saturated heterocycles. The van der Waals surface area contributed by atoms with E-state index in [4.69, 9.17) is 0 Å². The van der Waals surface area contributed by atoms with Gasteiger partial charge in [0.15, 0.2) is 12.1 Å². The standard InChI is InChI=1S/C10H6F2N2O/c11-7-1-6(2-8(12)3-7)9-4-13-10(5-15)14-9/h1-5H,(H,13,14). The highest BCUT2D eigenvalue weighted by Gasteiger charge is 2.05. The Labute approximate surface area is 83.8 Å². The first-order chi connectivity index (χ1) is 7.19. The molecule has 0 saturated carbocycles. The Bertz CT molecular complexity index is 488. The molecule has 0 unspecified atom stereocenters. The van der Waals surface area contributed by atoms with Gasteiger partial charge < -0.3 is 4.98 Å². The monoisotopic (exact) mass is 208 g/mol. The molecule has 0 spiro atoms. The molecule has 0 bridgehead atoms. The van der Waals surface area contributed by atoms with Gasteiger partial charge in [0.1, 0.15) is 11.6 Å². The number of aromatic nitrogens is 2. The highest BCUT2D eigenvalue weighted by atomic mass is 19.1. The van der Waals surface area contributed by atoms with E-state index in [1.807, 2.05) is 0 Å². The fourth-order valence-corrected chi connectivity index (χ4v) is 1.25. The molecule has 0 atom stereocenters. The number of H-pyrrole nitrogens is 1. The third-order valence-corrected chi connectivity index (χ3v) is 1.88. The van der Waals surface area contributed by atoms with Crippen molar-refractivity contribution in [2.24, 2.45) is 0 Å². The first-order valence-corrected chi connectivity index (χ1v) is 4.15. The molecule has 1 aromatic carbocycles. The van der Waals surface area contributed by atoms with Gasteiger partial charge in [0.05, 0.1) is 11.9 Å². The number of carbonyl (C=O) groups excluding carboxylic acids is 1. The second kappa shape index (κ2) is 3.61. The SMILES string of the molecule is O=Cc1ncc(-c2cc(F)cc(F)c2)[nH]1. The Morgan fingerprint density at radius 1 is 1.20 bits per heavy atom. The van der Waals surface area contributed by atoms with Crippen molar-refractivity contribution in [1.29, 1.82) is 0 Å². The lowest BCUT2D eigenvalue weighted by Gasteiger charge is -1.97. The first-order valence-electron chi connectivity index (χ1n) is 4.15. The summed E-state index contributed by atoms with van der Waals surface area (Å²) in [5.41, 5.74) is 0.712. The van der Waals surface area contributed by atoms with E-state index >= 15 is 0 Å². The van der Waals surface area contributed by atoms with Crippen LogP contribution in [0.25, 0.3) is 11.3 Å². The molecule has 0 aliphatic rings. The zero-order valence-corrected chi connectivity index (χ0v) is 7.50. The normalized spacial score (nSPS) is 10.3. The summed E-state index contributed by atoms with van der Waals surface area (Å²) < 4.78 is 25.7. The topological polar surface area (TPSA) is 45.8 Å². The highest BCUT2D eigenvalue weighted by molar-refractivity contribution is 5.71. The summed E-state index contributed by atoms with van der Waals surface area (Å²) in [6, 6.07) is 3.09. The third kappa shape index (κ3) is 1.90. The Hall–Kier alpha value is -2.04. The largest absolute Gasteiger partial charge is 0.336 e. The first kappa shape index (κ1) is 9.51. The molecule has 1 N–H and O–H groups in total. The van der Waals surface area contributed by atoms with Gasteiger partial charge in [-0.3, -0.25) is 4.79 Å². The number of hydrogen-bond donors (Lipinski definition) is 1. The third-order valence-electron chi connectivity index (χ3n) is 1.88. The fraction of sp³-hybridized carbons (Fsp3) is 0. The summed E-state index contributed by atoms with van der Waals surface area (Å²) in [6.07, 6.45) is 1.87. The lowest BCUT2D eigenvalue weighted by atomic mass is 10.1.